The molecule has 1 atom stereocenters. The molecule has 2 N–H and O–H groups in total. The molecule has 1 aliphatic heterocycles. The van der Waals surface area contributed by atoms with Gasteiger partial charge in [-0.1, -0.05) is 12.1 Å². The molecular weight excluding hydrogens is 278 g/mol. The fraction of sp³-hybridized carbons (Fsp3) is 0.412. The molecule has 22 heavy (non-hydrogen) atoms. The monoisotopic (exact) mass is 299 g/mol. The van der Waals surface area contributed by atoms with E-state index in [0.717, 1.165) is 36.3 Å². The lowest BCUT2D eigenvalue weighted by molar-refractivity contribution is -0.112. The van der Waals surface area contributed by atoms with Gasteiger partial charge in [0.1, 0.15) is 11.6 Å². The van der Waals surface area contributed by atoms with Crippen molar-refractivity contribution in [1.82, 2.24) is 5.32 Å². The third-order valence-corrected chi connectivity index (χ3v) is 3.83. The Hall–Kier alpha value is -2.32. The predicted molar refractivity (Wildman–Crippen MR) is 85.2 cm³/mol. The zero-order valence-corrected chi connectivity index (χ0v) is 13.0. The third-order valence-electron chi connectivity index (χ3n) is 3.83. The summed E-state index contributed by atoms with van der Waals surface area (Å²) in [4.78, 5) is 12.2. The fourth-order valence-corrected chi connectivity index (χ4v) is 2.32. The van der Waals surface area contributed by atoms with Gasteiger partial charge in [0, 0.05) is 25.0 Å². The molecule has 116 valence electrons. The Morgan fingerprint density at radius 1 is 1.50 bits per heavy atom. The molecule has 1 saturated heterocycles. The first kappa shape index (κ1) is 16.1. The van der Waals surface area contributed by atoms with Crippen LogP contribution in [-0.2, 0) is 9.53 Å². The van der Waals surface area contributed by atoms with Crippen molar-refractivity contribution in [3.05, 3.63) is 41.1 Å². The van der Waals surface area contributed by atoms with E-state index in [9.17, 15) is 4.79 Å². The lowest BCUT2D eigenvalue weighted by Gasteiger charge is -2.11. The smallest absolute Gasteiger partial charge is 0.267 e. The van der Waals surface area contributed by atoms with Crippen molar-refractivity contribution < 1.29 is 9.53 Å². The van der Waals surface area contributed by atoms with Crippen LogP contribution in [0.3, 0.4) is 0 Å². The number of aryl methyl sites for hydroxylation is 1. The fourth-order valence-electron chi connectivity index (χ4n) is 2.32. The molecule has 1 aliphatic rings. The highest BCUT2D eigenvalue weighted by molar-refractivity contribution is 6.06. The van der Waals surface area contributed by atoms with Crippen LogP contribution in [0.1, 0.15) is 24.0 Å². The van der Waals surface area contributed by atoms with E-state index >= 15 is 0 Å². The summed E-state index contributed by atoms with van der Waals surface area (Å²) in [6, 6.07) is 7.62. The zero-order chi connectivity index (χ0) is 15.9. The van der Waals surface area contributed by atoms with E-state index in [-0.39, 0.29) is 11.7 Å². The number of nitriles is 1. The molecule has 0 spiro atoms. The van der Waals surface area contributed by atoms with Gasteiger partial charge in [0.15, 0.2) is 0 Å². The van der Waals surface area contributed by atoms with Crippen molar-refractivity contribution in [2.45, 2.75) is 32.8 Å². The average Bonchev–Trinajstić information content (AvgIpc) is 3.01. The molecule has 0 radical (unpaired) electrons. The Labute approximate surface area is 131 Å². The summed E-state index contributed by atoms with van der Waals surface area (Å²) in [7, 11) is 0. The van der Waals surface area contributed by atoms with E-state index in [1.807, 2.05) is 38.1 Å². The summed E-state index contributed by atoms with van der Waals surface area (Å²) in [6.45, 7) is 5.32. The predicted octanol–water partition coefficient (Wildman–Crippen LogP) is 2.42. The van der Waals surface area contributed by atoms with Crippen LogP contribution < -0.4 is 10.6 Å². The molecule has 1 aromatic rings. The number of rotatable bonds is 5. The number of nitrogens with one attached hydrogen (secondary N) is 2. The van der Waals surface area contributed by atoms with Crippen LogP contribution in [0.25, 0.3) is 0 Å². The summed E-state index contributed by atoms with van der Waals surface area (Å²) >= 11 is 0. The van der Waals surface area contributed by atoms with Crippen LogP contribution in [-0.4, -0.2) is 25.2 Å². The Kier molecular flexibility index (Phi) is 5.56. The summed E-state index contributed by atoms with van der Waals surface area (Å²) in [5, 5.41) is 14.9. The molecule has 1 fully saturated rings. The third kappa shape index (κ3) is 4.09. The Balaban J connectivity index is 1.96. The van der Waals surface area contributed by atoms with E-state index in [2.05, 4.69) is 10.6 Å². The lowest BCUT2D eigenvalue weighted by atomic mass is 10.1. The number of anilines is 1. The number of nitrogens with zero attached hydrogens (tertiary/aromatic N) is 1. The van der Waals surface area contributed by atoms with Crippen LogP contribution in [0.15, 0.2) is 30.0 Å². The first-order chi connectivity index (χ1) is 10.6. The quantitative estimate of drug-likeness (QED) is 0.647. The topological polar surface area (TPSA) is 74.2 Å². The van der Waals surface area contributed by atoms with Gasteiger partial charge in [-0.15, -0.1) is 0 Å². The zero-order valence-electron chi connectivity index (χ0n) is 13.0. The van der Waals surface area contributed by atoms with Crippen molar-refractivity contribution in [2.75, 3.05) is 18.5 Å². The average molecular weight is 299 g/mol. The Morgan fingerprint density at radius 3 is 3.00 bits per heavy atom. The maximum atomic E-state index is 12.2. The number of ether oxygens (including phenoxy) is 1. The summed E-state index contributed by atoms with van der Waals surface area (Å²) in [6.07, 6.45) is 3.70. The van der Waals surface area contributed by atoms with E-state index in [1.165, 1.54) is 6.20 Å². The van der Waals surface area contributed by atoms with Gasteiger partial charge in [0.25, 0.3) is 5.91 Å². The molecule has 1 amide bonds. The van der Waals surface area contributed by atoms with Crippen molar-refractivity contribution in [1.29, 1.82) is 5.26 Å². The number of amides is 1. The number of hydrogen-bond acceptors (Lipinski definition) is 4. The van der Waals surface area contributed by atoms with Crippen LogP contribution in [0.2, 0.25) is 0 Å². The minimum absolute atomic E-state index is 0.0545. The summed E-state index contributed by atoms with van der Waals surface area (Å²) in [5.41, 5.74) is 2.88. The second kappa shape index (κ2) is 7.62. The molecule has 0 aromatic heterocycles. The number of carbonyl (C=O) groups is 1. The number of carbonyl (C=O) groups excluding carboxylic acids is 1. The first-order valence-corrected chi connectivity index (χ1v) is 7.44. The largest absolute Gasteiger partial charge is 0.387 e. The normalized spacial score (nSPS) is 17.9. The number of hydrogen-bond donors (Lipinski definition) is 2. The molecular formula is C17H21N3O2. The van der Waals surface area contributed by atoms with Gasteiger partial charge >= 0.3 is 0 Å². The lowest BCUT2D eigenvalue weighted by Crippen LogP contribution is -2.24. The Bertz CT molecular complexity index is 611. The van der Waals surface area contributed by atoms with Gasteiger partial charge in [-0.25, -0.2) is 0 Å². The van der Waals surface area contributed by atoms with E-state index in [0.29, 0.717) is 6.54 Å². The number of benzene rings is 1. The van der Waals surface area contributed by atoms with Gasteiger partial charge < -0.3 is 15.4 Å². The van der Waals surface area contributed by atoms with Crippen LogP contribution in [0.4, 0.5) is 5.69 Å². The van der Waals surface area contributed by atoms with Crippen molar-refractivity contribution in [2.24, 2.45) is 0 Å². The van der Waals surface area contributed by atoms with Crippen LogP contribution >= 0.6 is 0 Å². The van der Waals surface area contributed by atoms with Crippen LogP contribution in [0.5, 0.6) is 0 Å². The van der Waals surface area contributed by atoms with Gasteiger partial charge in [-0.3, -0.25) is 4.79 Å². The standard InChI is InChI=1S/C17H21N3O2/c1-12-5-3-7-16(13(12)2)20-17(21)14(9-18)10-19-11-15-6-4-8-22-15/h3,5,7,10,15,19H,4,6,8,11H2,1-2H3,(H,20,21)/b14-10-. The van der Waals surface area contributed by atoms with Gasteiger partial charge in [0.05, 0.1) is 6.10 Å². The van der Waals surface area contributed by atoms with Crippen molar-refractivity contribution in [3.63, 3.8) is 0 Å². The van der Waals surface area contributed by atoms with E-state index in [4.69, 9.17) is 10.00 Å². The first-order valence-electron chi connectivity index (χ1n) is 7.44. The molecule has 5 heteroatoms. The van der Waals surface area contributed by atoms with Crippen LogP contribution in [0, 0.1) is 25.2 Å². The molecule has 0 bridgehead atoms. The van der Waals surface area contributed by atoms with Crippen molar-refractivity contribution in [3.8, 4) is 6.07 Å². The molecule has 1 heterocycles. The van der Waals surface area contributed by atoms with Gasteiger partial charge in [-0.05, 0) is 43.9 Å². The maximum absolute atomic E-state index is 12.2. The second-order valence-electron chi connectivity index (χ2n) is 5.41. The van der Waals surface area contributed by atoms with Gasteiger partial charge in [0.2, 0.25) is 0 Å². The summed E-state index contributed by atoms with van der Waals surface area (Å²) in [5.74, 6) is -0.406. The van der Waals surface area contributed by atoms with Crippen molar-refractivity contribution >= 4 is 11.6 Å². The minimum Gasteiger partial charge on any atom is -0.387 e. The second-order valence-corrected chi connectivity index (χ2v) is 5.41. The molecule has 1 aromatic carbocycles. The SMILES string of the molecule is Cc1cccc(NC(=O)/C(C#N)=C\NCC2CCCO2)c1C. The molecule has 0 aliphatic carbocycles. The molecule has 5 nitrogen and oxygen atoms in total. The van der Waals surface area contributed by atoms with Gasteiger partial charge in [-0.2, -0.15) is 5.26 Å². The molecule has 2 rings (SSSR count). The van der Waals surface area contributed by atoms with E-state index < -0.39 is 5.91 Å². The summed E-state index contributed by atoms with van der Waals surface area (Å²) < 4.78 is 5.48. The molecule has 1 unspecified atom stereocenters. The molecule has 0 saturated carbocycles. The Morgan fingerprint density at radius 2 is 2.32 bits per heavy atom. The maximum Gasteiger partial charge on any atom is 0.267 e. The highest BCUT2D eigenvalue weighted by atomic mass is 16.5. The minimum atomic E-state index is -0.406. The highest BCUT2D eigenvalue weighted by Crippen LogP contribution is 2.18. The van der Waals surface area contributed by atoms with E-state index in [1.54, 1.807) is 0 Å². The highest BCUT2D eigenvalue weighted by Gasteiger charge is 2.15.